The zero-order chi connectivity index (χ0) is 20.3. The zero-order valence-electron chi connectivity index (χ0n) is 15.0. The SMILES string of the molecule is CN(Cc1ccc(C(F)(F)F)cc1)C(=O)C1C(=O)CC1CSc1ncccn1. The van der Waals surface area contributed by atoms with Crippen LogP contribution in [0.25, 0.3) is 0 Å². The molecule has 0 saturated heterocycles. The van der Waals surface area contributed by atoms with Crippen LogP contribution in [0.15, 0.2) is 47.9 Å². The van der Waals surface area contributed by atoms with Crippen LogP contribution >= 0.6 is 11.8 Å². The highest BCUT2D eigenvalue weighted by Crippen LogP contribution is 2.36. The minimum Gasteiger partial charge on any atom is -0.341 e. The normalized spacial score (nSPS) is 19.2. The first-order valence-corrected chi connectivity index (χ1v) is 9.58. The molecule has 3 rings (SSSR count). The molecule has 5 nitrogen and oxygen atoms in total. The summed E-state index contributed by atoms with van der Waals surface area (Å²) in [6.45, 7) is 0.141. The number of nitrogens with zero attached hydrogens (tertiary/aromatic N) is 3. The molecule has 1 aromatic carbocycles. The summed E-state index contributed by atoms with van der Waals surface area (Å²) < 4.78 is 37.9. The van der Waals surface area contributed by atoms with Gasteiger partial charge in [-0.15, -0.1) is 0 Å². The molecule has 148 valence electrons. The van der Waals surface area contributed by atoms with Crippen molar-refractivity contribution in [3.8, 4) is 0 Å². The summed E-state index contributed by atoms with van der Waals surface area (Å²) in [5.41, 5.74) is -0.168. The molecule has 28 heavy (non-hydrogen) atoms. The number of thioether (sulfide) groups is 1. The van der Waals surface area contributed by atoms with Crippen molar-refractivity contribution in [1.29, 1.82) is 0 Å². The van der Waals surface area contributed by atoms with E-state index in [1.54, 1.807) is 25.5 Å². The van der Waals surface area contributed by atoms with Gasteiger partial charge in [0, 0.05) is 38.2 Å². The molecule has 1 amide bonds. The van der Waals surface area contributed by atoms with Crippen molar-refractivity contribution in [3.05, 3.63) is 53.9 Å². The largest absolute Gasteiger partial charge is 0.416 e. The lowest BCUT2D eigenvalue weighted by atomic mass is 9.72. The van der Waals surface area contributed by atoms with Gasteiger partial charge in [-0.2, -0.15) is 13.2 Å². The number of benzene rings is 1. The van der Waals surface area contributed by atoms with Gasteiger partial charge in [-0.05, 0) is 29.7 Å². The van der Waals surface area contributed by atoms with Gasteiger partial charge >= 0.3 is 6.18 Å². The zero-order valence-corrected chi connectivity index (χ0v) is 15.8. The van der Waals surface area contributed by atoms with Crippen molar-refractivity contribution >= 4 is 23.5 Å². The Bertz CT molecular complexity index is 844. The van der Waals surface area contributed by atoms with E-state index in [1.165, 1.54) is 28.8 Å². The predicted octanol–water partition coefficient (Wildman–Crippen LogP) is 3.45. The molecule has 1 fully saturated rings. The molecule has 9 heteroatoms. The molecular formula is C19H18F3N3O2S. The smallest absolute Gasteiger partial charge is 0.341 e. The fourth-order valence-corrected chi connectivity index (χ4v) is 3.97. The van der Waals surface area contributed by atoms with Gasteiger partial charge in [0.15, 0.2) is 5.16 Å². The average molecular weight is 409 g/mol. The Kier molecular flexibility index (Phi) is 6.02. The van der Waals surface area contributed by atoms with Crippen LogP contribution in [0.4, 0.5) is 13.2 Å². The maximum Gasteiger partial charge on any atom is 0.416 e. The lowest BCUT2D eigenvalue weighted by molar-refractivity contribution is -0.149. The van der Waals surface area contributed by atoms with Crippen molar-refractivity contribution in [3.63, 3.8) is 0 Å². The molecule has 2 atom stereocenters. The van der Waals surface area contributed by atoms with Crippen LogP contribution in [0.5, 0.6) is 0 Å². The fraction of sp³-hybridized carbons (Fsp3) is 0.368. The number of Topliss-reactive ketones (excluding diaryl/α,β-unsaturated/α-hetero) is 1. The van der Waals surface area contributed by atoms with Crippen LogP contribution in [0.1, 0.15) is 17.5 Å². The number of hydrogen-bond acceptors (Lipinski definition) is 5. The van der Waals surface area contributed by atoms with Crippen LogP contribution in [0.2, 0.25) is 0 Å². The molecule has 1 aromatic heterocycles. The van der Waals surface area contributed by atoms with Crippen LogP contribution < -0.4 is 0 Å². The third-order valence-corrected chi connectivity index (χ3v) is 5.66. The van der Waals surface area contributed by atoms with Crippen molar-refractivity contribution in [1.82, 2.24) is 14.9 Å². The first kappa shape index (κ1) is 20.3. The van der Waals surface area contributed by atoms with Crippen molar-refractivity contribution in [2.24, 2.45) is 11.8 Å². The van der Waals surface area contributed by atoms with Crippen LogP contribution in [0, 0.1) is 11.8 Å². The van der Waals surface area contributed by atoms with Gasteiger partial charge < -0.3 is 4.90 Å². The van der Waals surface area contributed by atoms with Gasteiger partial charge in [-0.3, -0.25) is 9.59 Å². The molecule has 0 N–H and O–H groups in total. The molecular weight excluding hydrogens is 391 g/mol. The van der Waals surface area contributed by atoms with Crippen LogP contribution in [-0.4, -0.2) is 39.4 Å². The highest BCUT2D eigenvalue weighted by atomic mass is 32.2. The summed E-state index contributed by atoms with van der Waals surface area (Å²) in [5, 5.41) is 0.589. The van der Waals surface area contributed by atoms with Gasteiger partial charge in [0.05, 0.1) is 5.56 Å². The predicted molar refractivity (Wildman–Crippen MR) is 97.3 cm³/mol. The molecule has 0 aliphatic heterocycles. The van der Waals surface area contributed by atoms with Gasteiger partial charge in [-0.1, -0.05) is 23.9 Å². The average Bonchev–Trinajstić information content (AvgIpc) is 2.65. The second-order valence-corrected chi connectivity index (χ2v) is 7.63. The Hall–Kier alpha value is -2.42. The van der Waals surface area contributed by atoms with E-state index >= 15 is 0 Å². The highest BCUT2D eigenvalue weighted by molar-refractivity contribution is 7.99. The Balaban J connectivity index is 1.58. The monoisotopic (exact) mass is 409 g/mol. The molecule has 2 unspecified atom stereocenters. The molecule has 2 aromatic rings. The summed E-state index contributed by atoms with van der Waals surface area (Å²) in [7, 11) is 1.55. The van der Waals surface area contributed by atoms with Gasteiger partial charge in [-0.25, -0.2) is 9.97 Å². The van der Waals surface area contributed by atoms with Gasteiger partial charge in [0.2, 0.25) is 5.91 Å². The first-order chi connectivity index (χ1) is 13.3. The minimum atomic E-state index is -4.40. The second-order valence-electron chi connectivity index (χ2n) is 6.64. The summed E-state index contributed by atoms with van der Waals surface area (Å²) in [5.74, 6) is -0.667. The Morgan fingerprint density at radius 1 is 1.21 bits per heavy atom. The number of hydrogen-bond donors (Lipinski definition) is 0. The highest BCUT2D eigenvalue weighted by Gasteiger charge is 2.45. The molecule has 1 aliphatic carbocycles. The van der Waals surface area contributed by atoms with E-state index in [0.717, 1.165) is 12.1 Å². The van der Waals surface area contributed by atoms with Gasteiger partial charge in [0.1, 0.15) is 11.7 Å². The summed E-state index contributed by atoms with van der Waals surface area (Å²) in [4.78, 5) is 34.3. The van der Waals surface area contributed by atoms with E-state index in [-0.39, 0.29) is 24.2 Å². The van der Waals surface area contributed by atoms with Crippen LogP contribution in [-0.2, 0) is 22.3 Å². The number of aromatic nitrogens is 2. The van der Waals surface area contributed by atoms with E-state index in [2.05, 4.69) is 9.97 Å². The van der Waals surface area contributed by atoms with E-state index in [1.807, 2.05) is 0 Å². The quantitative estimate of drug-likeness (QED) is 0.415. The van der Waals surface area contributed by atoms with E-state index in [4.69, 9.17) is 0 Å². The van der Waals surface area contributed by atoms with Crippen molar-refractivity contribution in [2.45, 2.75) is 24.3 Å². The number of halogens is 3. The van der Waals surface area contributed by atoms with Crippen molar-refractivity contribution < 1.29 is 22.8 Å². The minimum absolute atomic E-state index is 0.0936. The van der Waals surface area contributed by atoms with Crippen LogP contribution in [0.3, 0.4) is 0 Å². The Morgan fingerprint density at radius 2 is 1.86 bits per heavy atom. The van der Waals surface area contributed by atoms with E-state index in [0.29, 0.717) is 22.9 Å². The van der Waals surface area contributed by atoms with E-state index in [9.17, 15) is 22.8 Å². The number of rotatable bonds is 6. The maximum absolute atomic E-state index is 12.7. The van der Waals surface area contributed by atoms with Gasteiger partial charge in [0.25, 0.3) is 0 Å². The standard InChI is InChI=1S/C19H18F3N3O2S/c1-25(10-12-3-5-14(6-4-12)19(20,21)22)17(27)16-13(9-15(16)26)11-28-18-23-7-2-8-24-18/h2-8,13,16H,9-11H2,1H3. The molecule has 1 aliphatic rings. The Labute approximate surface area is 164 Å². The number of carbonyl (C=O) groups is 2. The molecule has 0 radical (unpaired) electrons. The number of carbonyl (C=O) groups excluding carboxylic acids is 2. The Morgan fingerprint density at radius 3 is 2.43 bits per heavy atom. The molecule has 0 bridgehead atoms. The topological polar surface area (TPSA) is 63.2 Å². The summed E-state index contributed by atoms with van der Waals surface area (Å²) >= 11 is 1.40. The number of amides is 1. The number of ketones is 1. The molecule has 1 saturated carbocycles. The second kappa shape index (κ2) is 8.30. The van der Waals surface area contributed by atoms with Crippen molar-refractivity contribution in [2.75, 3.05) is 12.8 Å². The third kappa shape index (κ3) is 4.70. The molecule has 0 spiro atoms. The number of alkyl halides is 3. The third-order valence-electron chi connectivity index (χ3n) is 4.59. The summed E-state index contributed by atoms with van der Waals surface area (Å²) in [6, 6.07) is 6.37. The van der Waals surface area contributed by atoms with E-state index < -0.39 is 17.7 Å². The lowest BCUT2D eigenvalue weighted by Crippen LogP contribution is -2.49. The lowest BCUT2D eigenvalue weighted by Gasteiger charge is -2.36. The summed E-state index contributed by atoms with van der Waals surface area (Å²) in [6.07, 6.45) is -0.806. The fourth-order valence-electron chi connectivity index (χ4n) is 3.03. The first-order valence-electron chi connectivity index (χ1n) is 8.59. The maximum atomic E-state index is 12.7. The molecule has 1 heterocycles.